The molecule has 0 saturated heterocycles. The van der Waals surface area contributed by atoms with E-state index in [9.17, 15) is 14.5 Å². The van der Waals surface area contributed by atoms with Gasteiger partial charge in [-0.1, -0.05) is 6.92 Å². The Balaban J connectivity index is 2.78. The van der Waals surface area contributed by atoms with Gasteiger partial charge in [0.25, 0.3) is 5.69 Å². The highest BCUT2D eigenvalue weighted by molar-refractivity contribution is 7.16. The lowest BCUT2D eigenvalue weighted by Crippen LogP contribution is -1.95. The predicted molar refractivity (Wildman–Crippen MR) is 74.9 cm³/mol. The lowest BCUT2D eigenvalue weighted by Gasteiger charge is -2.04. The van der Waals surface area contributed by atoms with E-state index in [0.29, 0.717) is 22.5 Å². The average molecular weight is 291 g/mol. The van der Waals surface area contributed by atoms with Crippen LogP contribution < -0.4 is 5.73 Å². The van der Waals surface area contributed by atoms with Crippen molar-refractivity contribution >= 4 is 22.7 Å². The average Bonchev–Trinajstić information content (AvgIpc) is 2.74. The van der Waals surface area contributed by atoms with Crippen LogP contribution in [0.1, 0.15) is 17.4 Å². The molecule has 0 atom stereocenters. The molecule has 0 spiro atoms. The van der Waals surface area contributed by atoms with E-state index in [2.05, 4.69) is 0 Å². The van der Waals surface area contributed by atoms with Crippen molar-refractivity contribution in [3.05, 3.63) is 44.6 Å². The van der Waals surface area contributed by atoms with Crippen molar-refractivity contribution in [2.24, 2.45) is 0 Å². The Morgan fingerprint density at radius 1 is 1.55 bits per heavy atom. The van der Waals surface area contributed by atoms with Gasteiger partial charge in [-0.05, 0) is 24.1 Å². The van der Waals surface area contributed by atoms with E-state index >= 15 is 0 Å². The fourth-order valence-corrected chi connectivity index (χ4v) is 3.11. The van der Waals surface area contributed by atoms with Crippen LogP contribution in [0.25, 0.3) is 10.4 Å². The smallest absolute Gasteiger partial charge is 0.278 e. The highest BCUT2D eigenvalue weighted by atomic mass is 32.1. The molecular formula is C13H10FN3O2S. The number of benzene rings is 1. The van der Waals surface area contributed by atoms with Crippen LogP contribution >= 0.6 is 11.3 Å². The molecule has 0 amide bonds. The van der Waals surface area contributed by atoms with Crippen molar-refractivity contribution in [1.82, 2.24) is 0 Å². The van der Waals surface area contributed by atoms with Crippen molar-refractivity contribution < 1.29 is 9.31 Å². The molecule has 1 aromatic heterocycles. The van der Waals surface area contributed by atoms with Crippen molar-refractivity contribution in [3.63, 3.8) is 0 Å². The van der Waals surface area contributed by atoms with Gasteiger partial charge in [-0.15, -0.1) is 11.3 Å². The third kappa shape index (κ3) is 2.21. The van der Waals surface area contributed by atoms with Crippen molar-refractivity contribution in [3.8, 4) is 16.5 Å². The normalized spacial score (nSPS) is 10.2. The molecule has 2 rings (SSSR count). The Labute approximate surface area is 118 Å². The summed E-state index contributed by atoms with van der Waals surface area (Å²) in [6.45, 7) is 1.83. The Morgan fingerprint density at radius 2 is 2.25 bits per heavy atom. The Bertz CT molecular complexity index is 734. The van der Waals surface area contributed by atoms with E-state index in [1.165, 1.54) is 0 Å². The number of hydrogen-bond donors (Lipinski definition) is 1. The minimum Gasteiger partial charge on any atom is -0.397 e. The highest BCUT2D eigenvalue weighted by Gasteiger charge is 2.23. The summed E-state index contributed by atoms with van der Waals surface area (Å²) < 4.78 is 13.4. The minimum atomic E-state index is -0.573. The second kappa shape index (κ2) is 5.27. The predicted octanol–water partition coefficient (Wildman–Crippen LogP) is 3.48. The zero-order valence-electron chi connectivity index (χ0n) is 10.5. The second-order valence-corrected chi connectivity index (χ2v) is 5.06. The first-order valence-electron chi connectivity index (χ1n) is 5.75. The van der Waals surface area contributed by atoms with E-state index in [0.717, 1.165) is 29.5 Å². The van der Waals surface area contributed by atoms with Gasteiger partial charge in [0.2, 0.25) is 0 Å². The number of anilines is 1. The number of rotatable bonds is 3. The molecule has 2 N–H and O–H groups in total. The molecule has 5 nitrogen and oxygen atoms in total. The van der Waals surface area contributed by atoms with E-state index in [1.54, 1.807) is 0 Å². The topological polar surface area (TPSA) is 93.0 Å². The van der Waals surface area contributed by atoms with Gasteiger partial charge in [0.05, 0.1) is 16.2 Å². The van der Waals surface area contributed by atoms with Crippen LogP contribution in [0.2, 0.25) is 0 Å². The van der Waals surface area contributed by atoms with Crippen LogP contribution in [0.15, 0.2) is 18.2 Å². The van der Waals surface area contributed by atoms with Crippen LogP contribution in [0, 0.1) is 27.3 Å². The molecule has 0 aliphatic carbocycles. The summed E-state index contributed by atoms with van der Waals surface area (Å²) in [5.41, 5.74) is 6.76. The van der Waals surface area contributed by atoms with Crippen LogP contribution in [0.5, 0.6) is 0 Å². The van der Waals surface area contributed by atoms with Gasteiger partial charge in [-0.25, -0.2) is 4.39 Å². The molecular weight excluding hydrogens is 281 g/mol. The van der Waals surface area contributed by atoms with Crippen molar-refractivity contribution in [2.45, 2.75) is 13.3 Å². The van der Waals surface area contributed by atoms with Crippen LogP contribution in [0.4, 0.5) is 15.8 Å². The first-order valence-corrected chi connectivity index (χ1v) is 6.56. The first kappa shape index (κ1) is 14.0. The minimum absolute atomic E-state index is 0.157. The van der Waals surface area contributed by atoms with E-state index < -0.39 is 10.7 Å². The summed E-state index contributed by atoms with van der Waals surface area (Å²) in [6.07, 6.45) is 0.507. The summed E-state index contributed by atoms with van der Waals surface area (Å²) in [5.74, 6) is -0.571. The SMILES string of the molecule is CCc1c(-c2cc(F)ccc2[N+](=O)[O-])sc(C#N)c1N. The van der Waals surface area contributed by atoms with Crippen molar-refractivity contribution in [1.29, 1.82) is 5.26 Å². The molecule has 0 aliphatic heterocycles. The maximum Gasteiger partial charge on any atom is 0.278 e. The van der Waals surface area contributed by atoms with Gasteiger partial charge in [0.1, 0.15) is 16.8 Å². The van der Waals surface area contributed by atoms with E-state index in [-0.39, 0.29) is 16.1 Å². The largest absolute Gasteiger partial charge is 0.397 e. The molecule has 0 bridgehead atoms. The van der Waals surface area contributed by atoms with Gasteiger partial charge in [-0.3, -0.25) is 10.1 Å². The Morgan fingerprint density at radius 3 is 2.80 bits per heavy atom. The summed E-state index contributed by atoms with van der Waals surface area (Å²) in [7, 11) is 0. The highest BCUT2D eigenvalue weighted by Crippen LogP contribution is 2.42. The number of nitro groups is 1. The molecule has 0 aliphatic rings. The lowest BCUT2D eigenvalue weighted by molar-refractivity contribution is -0.384. The zero-order valence-corrected chi connectivity index (χ0v) is 11.3. The van der Waals surface area contributed by atoms with Crippen LogP contribution in [0.3, 0.4) is 0 Å². The molecule has 0 unspecified atom stereocenters. The van der Waals surface area contributed by atoms with Crippen LogP contribution in [-0.2, 0) is 6.42 Å². The van der Waals surface area contributed by atoms with Crippen molar-refractivity contribution in [2.75, 3.05) is 5.73 Å². The van der Waals surface area contributed by atoms with E-state index in [1.807, 2.05) is 13.0 Å². The number of nitro benzene ring substituents is 1. The third-order valence-corrected chi connectivity index (χ3v) is 4.09. The number of nitrogens with two attached hydrogens (primary N) is 1. The molecule has 2 aromatic rings. The zero-order chi connectivity index (χ0) is 14.9. The molecule has 7 heteroatoms. The quantitative estimate of drug-likeness (QED) is 0.692. The second-order valence-electron chi connectivity index (χ2n) is 4.04. The van der Waals surface area contributed by atoms with E-state index in [4.69, 9.17) is 11.0 Å². The lowest BCUT2D eigenvalue weighted by atomic mass is 10.0. The monoisotopic (exact) mass is 291 g/mol. The molecule has 0 saturated carbocycles. The number of nitrogens with zero attached hydrogens (tertiary/aromatic N) is 2. The number of nitrogen functional groups attached to an aromatic ring is 1. The number of nitriles is 1. The molecule has 0 fully saturated rings. The van der Waals surface area contributed by atoms with Gasteiger partial charge < -0.3 is 5.73 Å². The van der Waals surface area contributed by atoms with Gasteiger partial charge in [0, 0.05) is 10.9 Å². The van der Waals surface area contributed by atoms with Gasteiger partial charge >= 0.3 is 0 Å². The standard InChI is InChI=1S/C13H10FN3O2S/c1-2-8-12(16)11(6-15)20-13(8)9-5-7(14)3-4-10(9)17(18)19/h3-5H,2,16H2,1H3. The fourth-order valence-electron chi connectivity index (χ4n) is 1.98. The fraction of sp³-hybridized carbons (Fsp3) is 0.154. The summed E-state index contributed by atoms with van der Waals surface area (Å²) in [5, 5.41) is 20.1. The van der Waals surface area contributed by atoms with Gasteiger partial charge in [-0.2, -0.15) is 5.26 Å². The van der Waals surface area contributed by atoms with Crippen LogP contribution in [-0.4, -0.2) is 4.92 Å². The third-order valence-electron chi connectivity index (χ3n) is 2.90. The number of hydrogen-bond acceptors (Lipinski definition) is 5. The number of thiophene rings is 1. The summed E-state index contributed by atoms with van der Waals surface area (Å²) in [6, 6.07) is 5.21. The molecule has 1 heterocycles. The number of halogens is 1. The molecule has 1 aromatic carbocycles. The molecule has 102 valence electrons. The first-order chi connectivity index (χ1) is 9.49. The maximum absolute atomic E-state index is 13.4. The Hall–Kier alpha value is -2.46. The summed E-state index contributed by atoms with van der Waals surface area (Å²) >= 11 is 1.05. The molecule has 20 heavy (non-hydrogen) atoms. The maximum atomic E-state index is 13.4. The summed E-state index contributed by atoms with van der Waals surface area (Å²) in [4.78, 5) is 11.3. The molecule has 0 radical (unpaired) electrons. The van der Waals surface area contributed by atoms with Gasteiger partial charge in [0.15, 0.2) is 0 Å². The Kier molecular flexibility index (Phi) is 3.68.